The van der Waals surface area contributed by atoms with Crippen LogP contribution in [0.25, 0.3) is 6.08 Å². The van der Waals surface area contributed by atoms with Crippen molar-refractivity contribution in [2.24, 2.45) is 0 Å². The molecule has 1 aromatic heterocycles. The van der Waals surface area contributed by atoms with Gasteiger partial charge < -0.3 is 5.32 Å². The summed E-state index contributed by atoms with van der Waals surface area (Å²) in [7, 11) is 0. The summed E-state index contributed by atoms with van der Waals surface area (Å²) in [6, 6.07) is 6.53. The average molecular weight is 351 g/mol. The molecule has 4 nitrogen and oxygen atoms in total. The van der Waals surface area contributed by atoms with Crippen LogP contribution in [0.4, 0.5) is 19.0 Å². The van der Waals surface area contributed by atoms with Gasteiger partial charge in [-0.2, -0.15) is 18.3 Å². The van der Waals surface area contributed by atoms with Crippen LogP contribution in [0.5, 0.6) is 0 Å². The van der Waals surface area contributed by atoms with Crippen LogP contribution in [0.3, 0.4) is 0 Å². The summed E-state index contributed by atoms with van der Waals surface area (Å²) in [4.78, 5) is 12.1. The van der Waals surface area contributed by atoms with Gasteiger partial charge in [0.2, 0.25) is 5.91 Å². The first-order valence-corrected chi connectivity index (χ1v) is 7.70. The molecule has 1 heterocycles. The number of hydrogen-bond acceptors (Lipinski definition) is 2. The third-order valence-corrected chi connectivity index (χ3v) is 3.36. The zero-order chi connectivity index (χ0) is 18.8. The van der Waals surface area contributed by atoms with E-state index >= 15 is 0 Å². The first-order chi connectivity index (χ1) is 11.5. The number of alkyl halides is 3. The van der Waals surface area contributed by atoms with E-state index in [1.165, 1.54) is 24.3 Å². The van der Waals surface area contributed by atoms with Crippen LogP contribution in [0.15, 0.2) is 36.4 Å². The Morgan fingerprint density at radius 3 is 2.48 bits per heavy atom. The summed E-state index contributed by atoms with van der Waals surface area (Å²) >= 11 is 0. The zero-order valence-electron chi connectivity index (χ0n) is 14.5. The van der Waals surface area contributed by atoms with Gasteiger partial charge in [-0.1, -0.05) is 12.1 Å². The first-order valence-electron chi connectivity index (χ1n) is 7.70. The van der Waals surface area contributed by atoms with Crippen LogP contribution >= 0.6 is 0 Å². The van der Waals surface area contributed by atoms with Crippen molar-refractivity contribution in [1.82, 2.24) is 9.78 Å². The highest BCUT2D eigenvalue weighted by Gasteiger charge is 2.30. The Kier molecular flexibility index (Phi) is 5.06. The van der Waals surface area contributed by atoms with E-state index in [9.17, 15) is 18.0 Å². The largest absolute Gasteiger partial charge is 0.416 e. The van der Waals surface area contributed by atoms with Crippen LogP contribution in [-0.2, 0) is 16.5 Å². The number of nitrogens with one attached hydrogen (secondary N) is 1. The van der Waals surface area contributed by atoms with Gasteiger partial charge in [-0.05, 0) is 51.5 Å². The molecule has 0 bridgehead atoms. The summed E-state index contributed by atoms with van der Waals surface area (Å²) in [6.45, 7) is 7.67. The summed E-state index contributed by atoms with van der Waals surface area (Å²) in [5.41, 5.74) is -0.0178. The highest BCUT2D eigenvalue weighted by molar-refractivity contribution is 6.01. The van der Waals surface area contributed by atoms with E-state index in [-0.39, 0.29) is 5.54 Å². The van der Waals surface area contributed by atoms with Crippen LogP contribution in [0.2, 0.25) is 0 Å². The molecule has 0 fully saturated rings. The second-order valence-corrected chi connectivity index (χ2v) is 6.70. The second-order valence-electron chi connectivity index (χ2n) is 6.70. The minimum Gasteiger partial charge on any atom is -0.307 e. The van der Waals surface area contributed by atoms with Gasteiger partial charge in [-0.15, -0.1) is 0 Å². The molecule has 1 N–H and O–H groups in total. The van der Waals surface area contributed by atoms with Crippen molar-refractivity contribution < 1.29 is 18.0 Å². The second kappa shape index (κ2) is 6.74. The lowest BCUT2D eigenvalue weighted by Crippen LogP contribution is -2.26. The molecule has 1 amide bonds. The van der Waals surface area contributed by atoms with Gasteiger partial charge in [0.05, 0.1) is 16.8 Å². The molecule has 0 saturated carbocycles. The van der Waals surface area contributed by atoms with Crippen molar-refractivity contribution in [2.45, 2.75) is 39.4 Å². The van der Waals surface area contributed by atoms with Crippen molar-refractivity contribution in [2.75, 3.05) is 5.32 Å². The summed E-state index contributed by atoms with van der Waals surface area (Å²) < 4.78 is 39.8. The quantitative estimate of drug-likeness (QED) is 0.821. The van der Waals surface area contributed by atoms with Crippen molar-refractivity contribution in [3.63, 3.8) is 0 Å². The Hall–Kier alpha value is -2.57. The fourth-order valence-corrected chi connectivity index (χ4v) is 2.26. The van der Waals surface area contributed by atoms with Crippen molar-refractivity contribution in [3.8, 4) is 0 Å². The lowest BCUT2D eigenvalue weighted by molar-refractivity contribution is -0.137. The number of rotatable bonds is 3. The van der Waals surface area contributed by atoms with E-state index in [2.05, 4.69) is 10.4 Å². The molecule has 25 heavy (non-hydrogen) atoms. The van der Waals surface area contributed by atoms with E-state index in [0.29, 0.717) is 11.4 Å². The normalized spacial score (nSPS) is 12.6. The number of carbonyl (C=O) groups is 1. The minimum atomic E-state index is -4.41. The molecule has 0 aliphatic rings. The van der Waals surface area contributed by atoms with E-state index in [4.69, 9.17) is 0 Å². The molecular weight excluding hydrogens is 331 g/mol. The molecule has 0 aliphatic heterocycles. The van der Waals surface area contributed by atoms with Gasteiger partial charge in [-0.3, -0.25) is 4.79 Å². The van der Waals surface area contributed by atoms with E-state index in [1.54, 1.807) is 10.7 Å². The van der Waals surface area contributed by atoms with E-state index < -0.39 is 17.6 Å². The van der Waals surface area contributed by atoms with Gasteiger partial charge in [0.25, 0.3) is 0 Å². The molecular formula is C18H20F3N3O. The number of amides is 1. The van der Waals surface area contributed by atoms with E-state index in [0.717, 1.165) is 17.8 Å². The summed E-state index contributed by atoms with van der Waals surface area (Å²) in [5, 5.41) is 7.05. The Bertz CT molecular complexity index is 799. The third kappa shape index (κ3) is 4.95. The number of nitrogens with zero attached hydrogens (tertiary/aromatic N) is 2. The Balaban J connectivity index is 2.15. The molecule has 0 saturated heterocycles. The van der Waals surface area contributed by atoms with Crippen LogP contribution in [0.1, 0.15) is 37.6 Å². The van der Waals surface area contributed by atoms with E-state index in [1.807, 2.05) is 27.7 Å². The molecule has 0 spiro atoms. The van der Waals surface area contributed by atoms with Crippen LogP contribution in [0, 0.1) is 6.92 Å². The zero-order valence-corrected chi connectivity index (χ0v) is 14.5. The first kappa shape index (κ1) is 18.8. The van der Waals surface area contributed by atoms with Gasteiger partial charge in [-0.25, -0.2) is 4.68 Å². The van der Waals surface area contributed by atoms with Gasteiger partial charge in [0.1, 0.15) is 5.82 Å². The highest BCUT2D eigenvalue weighted by atomic mass is 19.4. The number of aromatic nitrogens is 2. The minimum absolute atomic E-state index is 0.297. The number of carbonyl (C=O) groups excluding carboxylic acids is 1. The Morgan fingerprint density at radius 1 is 1.20 bits per heavy atom. The lowest BCUT2D eigenvalue weighted by atomic mass is 10.1. The highest BCUT2D eigenvalue weighted by Crippen LogP contribution is 2.29. The maximum atomic E-state index is 12.7. The number of halogens is 3. The maximum Gasteiger partial charge on any atom is 0.416 e. The molecule has 134 valence electrons. The Morgan fingerprint density at radius 2 is 1.88 bits per heavy atom. The average Bonchev–Trinajstić information content (AvgIpc) is 2.85. The topological polar surface area (TPSA) is 46.9 Å². The molecule has 0 aliphatic carbocycles. The molecule has 2 rings (SSSR count). The van der Waals surface area contributed by atoms with Crippen molar-refractivity contribution in [1.29, 1.82) is 0 Å². The fourth-order valence-electron chi connectivity index (χ4n) is 2.26. The van der Waals surface area contributed by atoms with Gasteiger partial charge in [0, 0.05) is 12.1 Å². The predicted molar refractivity (Wildman–Crippen MR) is 91.1 cm³/mol. The molecule has 2 aromatic rings. The van der Waals surface area contributed by atoms with Gasteiger partial charge >= 0.3 is 6.18 Å². The molecule has 1 aromatic carbocycles. The standard InChI is InChI=1S/C18H20F3N3O/c1-12-10-15(24(23-12)17(2,3)4)22-16(25)9-8-13-6-5-7-14(11-13)18(19,20)21/h5-11H,1-4H3,(H,22,25)/b9-8+. The molecule has 0 radical (unpaired) electrons. The number of aryl methyl sites for hydroxylation is 1. The predicted octanol–water partition coefficient (Wildman–Crippen LogP) is 4.62. The number of hydrogen-bond donors (Lipinski definition) is 1. The molecule has 0 unspecified atom stereocenters. The van der Waals surface area contributed by atoms with Crippen molar-refractivity contribution in [3.05, 3.63) is 53.2 Å². The molecule has 7 heteroatoms. The molecule has 0 atom stereocenters. The van der Waals surface area contributed by atoms with Crippen molar-refractivity contribution >= 4 is 17.8 Å². The smallest absolute Gasteiger partial charge is 0.307 e. The fraction of sp³-hybridized carbons (Fsp3) is 0.333. The number of anilines is 1. The SMILES string of the molecule is Cc1cc(NC(=O)/C=C/c2cccc(C(F)(F)F)c2)n(C(C)(C)C)n1. The summed E-state index contributed by atoms with van der Waals surface area (Å²) in [5.74, 6) is 0.0894. The van der Waals surface area contributed by atoms with Crippen LogP contribution < -0.4 is 5.32 Å². The van der Waals surface area contributed by atoms with Gasteiger partial charge in [0.15, 0.2) is 0 Å². The monoisotopic (exact) mass is 351 g/mol. The third-order valence-electron chi connectivity index (χ3n) is 3.36. The Labute approximate surface area is 144 Å². The summed E-state index contributed by atoms with van der Waals surface area (Å²) in [6.07, 6.45) is -1.87. The maximum absolute atomic E-state index is 12.7. The van der Waals surface area contributed by atoms with Crippen LogP contribution in [-0.4, -0.2) is 15.7 Å². The lowest BCUT2D eigenvalue weighted by Gasteiger charge is -2.22. The number of benzene rings is 1.